The minimum Gasteiger partial charge on any atom is -0.309 e. The normalized spacial score (nSPS) is 10.8. The van der Waals surface area contributed by atoms with Gasteiger partial charge < -0.3 is 4.90 Å². The molecule has 0 bridgehead atoms. The van der Waals surface area contributed by atoms with E-state index in [1.165, 1.54) is 10.9 Å². The second-order valence-electron chi connectivity index (χ2n) is 3.22. The first-order valence-electron chi connectivity index (χ1n) is 4.14. The number of hydrogen-bond donors (Lipinski definition) is 0. The molecule has 1 rings (SSSR count). The average Bonchev–Trinajstić information content (AvgIpc) is 2.47. The van der Waals surface area contributed by atoms with Crippen molar-refractivity contribution in [3.63, 3.8) is 0 Å². The molecule has 1 aromatic rings. The Balaban J connectivity index is 2.54. The lowest BCUT2D eigenvalue weighted by Gasteiger charge is -2.07. The van der Waals surface area contributed by atoms with Gasteiger partial charge in [0, 0.05) is 20.0 Å². The predicted octanol–water partition coefficient (Wildman–Crippen LogP) is -0.0505. The number of ketones is 1. The van der Waals surface area contributed by atoms with Gasteiger partial charge in [0.15, 0.2) is 5.78 Å². The van der Waals surface area contributed by atoms with Crippen molar-refractivity contribution in [2.45, 2.75) is 6.42 Å². The van der Waals surface area contributed by atoms with E-state index in [2.05, 4.69) is 10.3 Å². The third-order valence-electron chi connectivity index (χ3n) is 1.79. The van der Waals surface area contributed by atoms with Gasteiger partial charge in [-0.1, -0.05) is 5.21 Å². The Morgan fingerprint density at radius 3 is 2.77 bits per heavy atom. The van der Waals surface area contributed by atoms with Crippen molar-refractivity contribution in [2.75, 3.05) is 20.6 Å². The van der Waals surface area contributed by atoms with Crippen molar-refractivity contribution < 1.29 is 4.79 Å². The van der Waals surface area contributed by atoms with E-state index < -0.39 is 0 Å². The summed E-state index contributed by atoms with van der Waals surface area (Å²) in [6.45, 7) is 0.754. The monoisotopic (exact) mass is 182 g/mol. The number of carbonyl (C=O) groups is 1. The molecule has 0 atom stereocenters. The van der Waals surface area contributed by atoms with E-state index in [-0.39, 0.29) is 5.78 Å². The lowest BCUT2D eigenvalue weighted by Crippen LogP contribution is -2.18. The molecule has 1 aromatic heterocycles. The molecular formula is C8H14N4O. The fraction of sp³-hybridized carbons (Fsp3) is 0.625. The van der Waals surface area contributed by atoms with E-state index in [0.717, 1.165) is 6.54 Å². The van der Waals surface area contributed by atoms with Crippen molar-refractivity contribution in [3.8, 4) is 0 Å². The van der Waals surface area contributed by atoms with Crippen LogP contribution in [0.2, 0.25) is 0 Å². The van der Waals surface area contributed by atoms with Crippen LogP contribution in [0.15, 0.2) is 6.20 Å². The van der Waals surface area contributed by atoms with Gasteiger partial charge in [-0.2, -0.15) is 0 Å². The van der Waals surface area contributed by atoms with Crippen molar-refractivity contribution in [3.05, 3.63) is 11.9 Å². The van der Waals surface area contributed by atoms with Crippen LogP contribution in [0, 0.1) is 0 Å². The molecule has 72 valence electrons. The van der Waals surface area contributed by atoms with Gasteiger partial charge in [0.25, 0.3) is 0 Å². The van der Waals surface area contributed by atoms with Crippen LogP contribution in [0.5, 0.6) is 0 Å². The number of Topliss-reactive ketones (excluding diaryl/α,β-unsaturated/α-hetero) is 1. The summed E-state index contributed by atoms with van der Waals surface area (Å²) in [5.41, 5.74) is 0.571. The second kappa shape index (κ2) is 4.13. The maximum Gasteiger partial charge on any atom is 0.183 e. The maximum absolute atomic E-state index is 11.5. The Bertz CT molecular complexity index is 292. The van der Waals surface area contributed by atoms with Gasteiger partial charge in [-0.25, -0.2) is 4.68 Å². The van der Waals surface area contributed by atoms with E-state index in [1.54, 1.807) is 7.05 Å². The summed E-state index contributed by atoms with van der Waals surface area (Å²) >= 11 is 0. The van der Waals surface area contributed by atoms with Gasteiger partial charge in [-0.3, -0.25) is 4.79 Å². The molecule has 0 aliphatic carbocycles. The van der Waals surface area contributed by atoms with E-state index in [4.69, 9.17) is 0 Å². The van der Waals surface area contributed by atoms with E-state index in [1.807, 2.05) is 19.0 Å². The quantitative estimate of drug-likeness (QED) is 0.613. The highest BCUT2D eigenvalue weighted by Crippen LogP contribution is 1.99. The van der Waals surface area contributed by atoms with Crippen LogP contribution in [0.3, 0.4) is 0 Å². The molecule has 0 amide bonds. The fourth-order valence-corrected chi connectivity index (χ4v) is 0.995. The molecule has 0 N–H and O–H groups in total. The van der Waals surface area contributed by atoms with E-state index in [9.17, 15) is 4.79 Å². The van der Waals surface area contributed by atoms with Crippen LogP contribution in [0.4, 0.5) is 0 Å². The van der Waals surface area contributed by atoms with Crippen molar-refractivity contribution in [1.29, 1.82) is 0 Å². The third-order valence-corrected chi connectivity index (χ3v) is 1.79. The van der Waals surface area contributed by atoms with Crippen molar-refractivity contribution >= 4 is 5.78 Å². The lowest BCUT2D eigenvalue weighted by atomic mass is 10.2. The van der Waals surface area contributed by atoms with Gasteiger partial charge >= 0.3 is 0 Å². The summed E-state index contributed by atoms with van der Waals surface area (Å²) in [5.74, 6) is 0.0844. The first-order chi connectivity index (χ1) is 6.11. The largest absolute Gasteiger partial charge is 0.309 e. The van der Waals surface area contributed by atoms with E-state index in [0.29, 0.717) is 12.1 Å². The van der Waals surface area contributed by atoms with Crippen LogP contribution in [-0.2, 0) is 7.05 Å². The molecule has 0 aliphatic rings. The summed E-state index contributed by atoms with van der Waals surface area (Å²) < 4.78 is 1.50. The van der Waals surface area contributed by atoms with Gasteiger partial charge in [-0.05, 0) is 14.1 Å². The first kappa shape index (κ1) is 9.85. The molecule has 0 fully saturated rings. The van der Waals surface area contributed by atoms with Gasteiger partial charge in [-0.15, -0.1) is 5.10 Å². The topological polar surface area (TPSA) is 51.0 Å². The van der Waals surface area contributed by atoms with Crippen LogP contribution in [0.25, 0.3) is 0 Å². The third kappa shape index (κ3) is 2.62. The van der Waals surface area contributed by atoms with Crippen molar-refractivity contribution in [2.24, 2.45) is 7.05 Å². The van der Waals surface area contributed by atoms with Crippen LogP contribution in [0.1, 0.15) is 16.9 Å². The number of aromatic nitrogens is 3. The fourth-order valence-electron chi connectivity index (χ4n) is 0.995. The molecule has 1 heterocycles. The average molecular weight is 182 g/mol. The number of nitrogens with zero attached hydrogens (tertiary/aromatic N) is 4. The highest BCUT2D eigenvalue weighted by Gasteiger charge is 2.10. The Labute approximate surface area is 77.3 Å². The number of rotatable bonds is 4. The lowest BCUT2D eigenvalue weighted by molar-refractivity contribution is 0.0963. The minimum atomic E-state index is 0.0844. The van der Waals surface area contributed by atoms with E-state index >= 15 is 0 Å². The molecule has 0 spiro atoms. The highest BCUT2D eigenvalue weighted by atomic mass is 16.1. The Hall–Kier alpha value is -1.23. The zero-order valence-corrected chi connectivity index (χ0v) is 8.19. The maximum atomic E-state index is 11.5. The Kier molecular flexibility index (Phi) is 3.13. The number of carbonyl (C=O) groups excluding carboxylic acids is 1. The number of aryl methyl sites for hydroxylation is 1. The summed E-state index contributed by atoms with van der Waals surface area (Å²) in [6, 6.07) is 0. The molecule has 0 saturated heterocycles. The Morgan fingerprint density at radius 1 is 1.62 bits per heavy atom. The zero-order valence-electron chi connectivity index (χ0n) is 8.19. The molecule has 0 unspecified atom stereocenters. The molecule has 5 heteroatoms. The second-order valence-corrected chi connectivity index (χ2v) is 3.22. The zero-order chi connectivity index (χ0) is 9.84. The smallest absolute Gasteiger partial charge is 0.183 e. The highest BCUT2D eigenvalue weighted by molar-refractivity contribution is 5.94. The summed E-state index contributed by atoms with van der Waals surface area (Å²) in [5, 5.41) is 7.35. The summed E-state index contributed by atoms with van der Waals surface area (Å²) in [7, 11) is 5.60. The predicted molar refractivity (Wildman–Crippen MR) is 48.5 cm³/mol. The van der Waals surface area contributed by atoms with Gasteiger partial charge in [0.2, 0.25) is 0 Å². The molecule has 0 radical (unpaired) electrons. The molecular weight excluding hydrogens is 168 g/mol. The van der Waals surface area contributed by atoms with Crippen LogP contribution >= 0.6 is 0 Å². The van der Waals surface area contributed by atoms with Crippen LogP contribution in [-0.4, -0.2) is 46.3 Å². The molecule has 0 saturated carbocycles. The molecule has 0 aliphatic heterocycles. The summed E-state index contributed by atoms with van der Waals surface area (Å²) in [4.78, 5) is 13.5. The van der Waals surface area contributed by atoms with Gasteiger partial charge in [0.05, 0.1) is 6.20 Å². The van der Waals surface area contributed by atoms with Crippen molar-refractivity contribution in [1.82, 2.24) is 19.9 Å². The first-order valence-corrected chi connectivity index (χ1v) is 4.14. The van der Waals surface area contributed by atoms with Gasteiger partial charge in [0.1, 0.15) is 5.69 Å². The van der Waals surface area contributed by atoms with Crippen LogP contribution < -0.4 is 0 Å². The molecule has 5 nitrogen and oxygen atoms in total. The standard InChI is InChI=1S/C8H14N4O/c1-11(2)5-4-8(13)7-6-9-10-12(7)3/h6H,4-5H2,1-3H3. The summed E-state index contributed by atoms with van der Waals surface area (Å²) in [6.07, 6.45) is 2.01. The number of hydrogen-bond acceptors (Lipinski definition) is 4. The molecule has 13 heavy (non-hydrogen) atoms. The minimum absolute atomic E-state index is 0.0844. The SMILES string of the molecule is CN(C)CCC(=O)c1cnnn1C. The Morgan fingerprint density at radius 2 is 2.31 bits per heavy atom. The molecule has 0 aromatic carbocycles.